The lowest BCUT2D eigenvalue weighted by Crippen LogP contribution is -2.25. The van der Waals surface area contributed by atoms with Crippen molar-refractivity contribution in [2.75, 3.05) is 12.4 Å². The predicted molar refractivity (Wildman–Crippen MR) is 69.5 cm³/mol. The summed E-state index contributed by atoms with van der Waals surface area (Å²) in [6, 6.07) is 4.23. The van der Waals surface area contributed by atoms with Crippen LogP contribution in [0.4, 0.5) is 20.3 Å². The van der Waals surface area contributed by atoms with E-state index in [9.17, 15) is 8.78 Å². The highest BCUT2D eigenvalue weighted by atomic mass is 35.5. The molecule has 0 unspecified atom stereocenters. The lowest BCUT2D eigenvalue weighted by molar-refractivity contribution is -0.286. The molecule has 1 aliphatic heterocycles. The first-order chi connectivity index (χ1) is 9.98. The van der Waals surface area contributed by atoms with Crippen LogP contribution in [-0.4, -0.2) is 23.4 Å². The van der Waals surface area contributed by atoms with Gasteiger partial charge in [-0.1, -0.05) is 11.6 Å². The summed E-state index contributed by atoms with van der Waals surface area (Å²) >= 11 is 5.87. The first kappa shape index (κ1) is 13.6. The number of nitrogens with zero attached hydrogens (tertiary/aromatic N) is 2. The quantitative estimate of drug-likeness (QED) is 0.877. The Bertz CT molecular complexity index is 699. The second-order valence-electron chi connectivity index (χ2n) is 4.00. The van der Waals surface area contributed by atoms with Crippen molar-refractivity contribution in [2.24, 2.45) is 0 Å². The van der Waals surface area contributed by atoms with Gasteiger partial charge in [-0.15, -0.1) is 8.78 Å². The zero-order valence-electron chi connectivity index (χ0n) is 10.6. The van der Waals surface area contributed by atoms with E-state index in [0.717, 1.165) is 0 Å². The Morgan fingerprint density at radius 3 is 2.76 bits per heavy atom. The van der Waals surface area contributed by atoms with E-state index in [1.54, 1.807) is 0 Å². The Labute approximate surface area is 122 Å². The van der Waals surface area contributed by atoms with Gasteiger partial charge in [0.1, 0.15) is 6.33 Å². The summed E-state index contributed by atoms with van der Waals surface area (Å²) < 4.78 is 39.6. The highest BCUT2D eigenvalue weighted by Crippen LogP contribution is 2.43. The van der Waals surface area contributed by atoms with Gasteiger partial charge in [0.25, 0.3) is 0 Å². The molecule has 0 amide bonds. The van der Waals surface area contributed by atoms with E-state index in [1.807, 2.05) is 0 Å². The largest absolute Gasteiger partial charge is 0.586 e. The smallest absolute Gasteiger partial charge is 0.490 e. The van der Waals surface area contributed by atoms with Crippen LogP contribution in [0.5, 0.6) is 17.2 Å². The third-order valence-corrected chi connectivity index (χ3v) is 2.90. The first-order valence-electron chi connectivity index (χ1n) is 5.70. The molecule has 0 saturated carbocycles. The third-order valence-electron chi connectivity index (χ3n) is 2.63. The molecule has 0 aliphatic carbocycles. The molecule has 0 saturated heterocycles. The molecule has 110 valence electrons. The predicted octanol–water partition coefficient (Wildman–Crippen LogP) is 3.20. The normalized spacial score (nSPS) is 14.9. The zero-order valence-corrected chi connectivity index (χ0v) is 11.3. The van der Waals surface area contributed by atoms with Gasteiger partial charge < -0.3 is 19.5 Å². The molecule has 3 rings (SSSR count). The summed E-state index contributed by atoms with van der Waals surface area (Å²) in [5.41, 5.74) is 0.447. The van der Waals surface area contributed by atoms with Crippen molar-refractivity contribution >= 4 is 23.1 Å². The lowest BCUT2D eigenvalue weighted by Gasteiger charge is -2.10. The Balaban J connectivity index is 1.89. The van der Waals surface area contributed by atoms with Gasteiger partial charge >= 0.3 is 6.29 Å². The van der Waals surface area contributed by atoms with E-state index in [1.165, 1.54) is 31.6 Å². The number of methoxy groups -OCH3 is 1. The molecule has 1 aromatic carbocycles. The number of nitrogens with one attached hydrogen (secondary N) is 1. The number of alkyl halides is 2. The first-order valence-corrected chi connectivity index (χ1v) is 6.08. The number of fused-ring (bicyclic) bond motifs is 1. The van der Waals surface area contributed by atoms with Crippen molar-refractivity contribution in [1.29, 1.82) is 0 Å². The highest BCUT2D eigenvalue weighted by Gasteiger charge is 2.43. The summed E-state index contributed by atoms with van der Waals surface area (Å²) in [6.07, 6.45) is -2.41. The number of hydrogen-bond acceptors (Lipinski definition) is 6. The Kier molecular flexibility index (Phi) is 3.17. The molecular weight excluding hydrogens is 308 g/mol. The van der Waals surface area contributed by atoms with Crippen molar-refractivity contribution in [3.05, 3.63) is 29.7 Å². The minimum absolute atomic E-state index is 0.0433. The van der Waals surface area contributed by atoms with Crippen molar-refractivity contribution in [1.82, 2.24) is 9.97 Å². The van der Waals surface area contributed by atoms with E-state index < -0.39 is 6.29 Å². The SMILES string of the molecule is COc1c(Cl)ncnc1Nc1ccc2c(c1)OC(F)(F)O2. The molecule has 9 heteroatoms. The van der Waals surface area contributed by atoms with Gasteiger partial charge in [0.2, 0.25) is 0 Å². The topological polar surface area (TPSA) is 65.5 Å². The van der Waals surface area contributed by atoms with E-state index in [2.05, 4.69) is 24.8 Å². The summed E-state index contributed by atoms with van der Waals surface area (Å²) in [5, 5.41) is 3.01. The van der Waals surface area contributed by atoms with Gasteiger partial charge in [-0.2, -0.15) is 0 Å². The number of halogens is 3. The molecule has 1 aliphatic rings. The van der Waals surface area contributed by atoms with Gasteiger partial charge in [-0.25, -0.2) is 9.97 Å². The molecule has 0 spiro atoms. The fraction of sp³-hybridized carbons (Fsp3) is 0.167. The number of ether oxygens (including phenoxy) is 3. The van der Waals surface area contributed by atoms with Gasteiger partial charge in [-0.05, 0) is 12.1 Å². The summed E-state index contributed by atoms with van der Waals surface area (Å²) in [4.78, 5) is 7.75. The Morgan fingerprint density at radius 1 is 1.24 bits per heavy atom. The van der Waals surface area contributed by atoms with Crippen molar-refractivity contribution in [3.63, 3.8) is 0 Å². The molecule has 6 nitrogen and oxygen atoms in total. The number of aromatic nitrogens is 2. The van der Waals surface area contributed by atoms with Crippen LogP contribution in [0.15, 0.2) is 24.5 Å². The lowest BCUT2D eigenvalue weighted by atomic mass is 10.3. The van der Waals surface area contributed by atoms with Gasteiger partial charge in [0.15, 0.2) is 28.2 Å². The fourth-order valence-electron chi connectivity index (χ4n) is 1.79. The van der Waals surface area contributed by atoms with E-state index in [0.29, 0.717) is 11.5 Å². The number of rotatable bonds is 3. The van der Waals surface area contributed by atoms with E-state index >= 15 is 0 Å². The number of benzene rings is 1. The molecule has 0 fully saturated rings. The van der Waals surface area contributed by atoms with E-state index in [-0.39, 0.29) is 22.4 Å². The fourth-order valence-corrected chi connectivity index (χ4v) is 2.00. The molecule has 0 radical (unpaired) electrons. The van der Waals surface area contributed by atoms with Crippen LogP contribution in [0.3, 0.4) is 0 Å². The minimum atomic E-state index is -3.66. The second-order valence-corrected chi connectivity index (χ2v) is 4.36. The van der Waals surface area contributed by atoms with Gasteiger partial charge in [-0.3, -0.25) is 0 Å². The average Bonchev–Trinajstić information content (AvgIpc) is 2.72. The maximum Gasteiger partial charge on any atom is 0.586 e. The van der Waals surface area contributed by atoms with Crippen molar-refractivity contribution < 1.29 is 23.0 Å². The molecular formula is C12H8ClF2N3O3. The van der Waals surface area contributed by atoms with Crippen LogP contribution in [0.1, 0.15) is 0 Å². The molecule has 21 heavy (non-hydrogen) atoms. The van der Waals surface area contributed by atoms with Crippen LogP contribution in [0.2, 0.25) is 5.15 Å². The molecule has 1 N–H and O–H groups in total. The van der Waals surface area contributed by atoms with E-state index in [4.69, 9.17) is 16.3 Å². The number of anilines is 2. The molecule has 1 aromatic heterocycles. The highest BCUT2D eigenvalue weighted by molar-refractivity contribution is 6.31. The summed E-state index contributed by atoms with van der Waals surface area (Å²) in [5.74, 6) is 0.410. The summed E-state index contributed by atoms with van der Waals surface area (Å²) in [7, 11) is 1.41. The van der Waals surface area contributed by atoms with Crippen LogP contribution >= 0.6 is 11.6 Å². The van der Waals surface area contributed by atoms with Crippen molar-refractivity contribution in [3.8, 4) is 17.2 Å². The van der Waals surface area contributed by atoms with Gasteiger partial charge in [0.05, 0.1) is 7.11 Å². The number of hydrogen-bond donors (Lipinski definition) is 1. The zero-order chi connectivity index (χ0) is 15.0. The van der Waals surface area contributed by atoms with Crippen LogP contribution in [0.25, 0.3) is 0 Å². The molecule has 2 heterocycles. The van der Waals surface area contributed by atoms with Crippen molar-refractivity contribution in [2.45, 2.75) is 6.29 Å². The minimum Gasteiger partial charge on any atom is -0.490 e. The Hall–Kier alpha value is -2.35. The summed E-state index contributed by atoms with van der Waals surface area (Å²) in [6.45, 7) is 0. The standard InChI is InChI=1S/C12H8ClF2N3O3/c1-19-9-10(13)16-5-17-11(9)18-6-2-3-7-8(4-6)21-12(14,15)20-7/h2-5H,1H3,(H,16,17,18). The van der Waals surface area contributed by atoms with Crippen LogP contribution in [0, 0.1) is 0 Å². The molecule has 0 atom stereocenters. The van der Waals surface area contributed by atoms with Crippen LogP contribution in [-0.2, 0) is 0 Å². The van der Waals surface area contributed by atoms with Crippen LogP contribution < -0.4 is 19.5 Å². The monoisotopic (exact) mass is 315 g/mol. The molecule has 0 bridgehead atoms. The maximum atomic E-state index is 12.9. The maximum absolute atomic E-state index is 12.9. The Morgan fingerprint density at radius 2 is 2.00 bits per heavy atom. The van der Waals surface area contributed by atoms with Gasteiger partial charge in [0, 0.05) is 11.8 Å². The molecule has 2 aromatic rings. The third kappa shape index (κ3) is 2.62. The average molecular weight is 316 g/mol. The second kappa shape index (κ2) is 4.88.